The van der Waals surface area contributed by atoms with Crippen molar-refractivity contribution in [3.05, 3.63) is 16.1 Å². The van der Waals surface area contributed by atoms with Crippen molar-refractivity contribution in [1.29, 1.82) is 0 Å². The first kappa shape index (κ1) is 14.9. The second-order valence-corrected chi connectivity index (χ2v) is 5.58. The number of hydrogen-bond acceptors (Lipinski definition) is 6. The number of carbonyl (C=O) groups excluding carboxylic acids is 2. The predicted octanol–water partition coefficient (Wildman–Crippen LogP) is 0.812. The van der Waals surface area contributed by atoms with Crippen molar-refractivity contribution in [1.82, 2.24) is 9.88 Å². The monoisotopic (exact) mass is 297 g/mol. The molecule has 1 aromatic heterocycles. The molecular formula is C13H19N3O3S. The molecule has 20 heavy (non-hydrogen) atoms. The zero-order chi connectivity index (χ0) is 14.5. The summed E-state index contributed by atoms with van der Waals surface area (Å²) in [5.74, 6) is -0.565. The van der Waals surface area contributed by atoms with Gasteiger partial charge in [-0.05, 0) is 26.3 Å². The zero-order valence-electron chi connectivity index (χ0n) is 11.5. The Morgan fingerprint density at radius 1 is 1.55 bits per heavy atom. The van der Waals surface area contributed by atoms with Crippen LogP contribution in [0.2, 0.25) is 0 Å². The average molecular weight is 297 g/mol. The fourth-order valence-electron chi connectivity index (χ4n) is 1.89. The largest absolute Gasteiger partial charge is 0.465 e. The normalized spacial score (nSPS) is 14.1. The number of thiazole rings is 1. The molecule has 1 heterocycles. The Kier molecular flexibility index (Phi) is 5.08. The van der Waals surface area contributed by atoms with E-state index in [9.17, 15) is 9.59 Å². The maximum atomic E-state index is 12.4. The third-order valence-electron chi connectivity index (χ3n) is 2.98. The van der Waals surface area contributed by atoms with Gasteiger partial charge in [0.05, 0.1) is 11.6 Å². The van der Waals surface area contributed by atoms with Crippen LogP contribution in [0.4, 0.5) is 0 Å². The summed E-state index contributed by atoms with van der Waals surface area (Å²) in [4.78, 5) is 29.8. The summed E-state index contributed by atoms with van der Waals surface area (Å²) >= 11 is 1.43. The Balaban J connectivity index is 2.04. The van der Waals surface area contributed by atoms with E-state index in [1.807, 2.05) is 0 Å². The summed E-state index contributed by atoms with van der Waals surface area (Å²) in [5.41, 5.74) is 5.87. The van der Waals surface area contributed by atoms with Crippen molar-refractivity contribution in [3.8, 4) is 0 Å². The maximum absolute atomic E-state index is 12.4. The first-order valence-corrected chi connectivity index (χ1v) is 7.64. The Bertz CT molecular complexity index is 485. The van der Waals surface area contributed by atoms with Crippen LogP contribution < -0.4 is 5.73 Å². The number of amides is 1. The van der Waals surface area contributed by atoms with E-state index in [1.165, 1.54) is 11.3 Å². The molecule has 0 radical (unpaired) electrons. The molecule has 2 rings (SSSR count). The second-order valence-electron chi connectivity index (χ2n) is 4.63. The molecule has 0 spiro atoms. The van der Waals surface area contributed by atoms with Gasteiger partial charge in [-0.25, -0.2) is 4.98 Å². The quantitative estimate of drug-likeness (QED) is 0.753. The first-order chi connectivity index (χ1) is 9.65. The van der Waals surface area contributed by atoms with E-state index in [4.69, 9.17) is 10.5 Å². The van der Waals surface area contributed by atoms with Crippen LogP contribution in [-0.2, 0) is 16.0 Å². The van der Waals surface area contributed by atoms with Gasteiger partial charge < -0.3 is 15.4 Å². The molecule has 0 saturated heterocycles. The maximum Gasteiger partial charge on any atom is 0.325 e. The van der Waals surface area contributed by atoms with E-state index in [1.54, 1.807) is 17.2 Å². The highest BCUT2D eigenvalue weighted by molar-refractivity contribution is 7.09. The van der Waals surface area contributed by atoms with Crippen molar-refractivity contribution < 1.29 is 14.3 Å². The molecule has 1 fully saturated rings. The van der Waals surface area contributed by atoms with E-state index >= 15 is 0 Å². The summed E-state index contributed by atoms with van der Waals surface area (Å²) in [6.45, 7) is 2.58. The van der Waals surface area contributed by atoms with Crippen LogP contribution >= 0.6 is 11.3 Å². The number of esters is 1. The smallest absolute Gasteiger partial charge is 0.325 e. The Morgan fingerprint density at radius 3 is 2.90 bits per heavy atom. The summed E-state index contributed by atoms with van der Waals surface area (Å²) < 4.78 is 4.91. The van der Waals surface area contributed by atoms with Crippen LogP contribution in [0.1, 0.15) is 35.3 Å². The number of hydrogen-bond donors (Lipinski definition) is 1. The molecule has 1 aliphatic rings. The zero-order valence-corrected chi connectivity index (χ0v) is 12.3. The molecule has 0 unspecified atom stereocenters. The van der Waals surface area contributed by atoms with Gasteiger partial charge in [0.25, 0.3) is 5.91 Å². The van der Waals surface area contributed by atoms with E-state index in [0.29, 0.717) is 25.3 Å². The lowest BCUT2D eigenvalue weighted by molar-refractivity contribution is -0.144. The van der Waals surface area contributed by atoms with E-state index < -0.39 is 0 Å². The fraction of sp³-hybridized carbons (Fsp3) is 0.615. The van der Waals surface area contributed by atoms with Crippen LogP contribution in [0.3, 0.4) is 0 Å². The second kappa shape index (κ2) is 6.81. The van der Waals surface area contributed by atoms with Crippen molar-refractivity contribution in [2.24, 2.45) is 5.73 Å². The Labute approximate surface area is 121 Å². The first-order valence-electron chi connectivity index (χ1n) is 6.76. The third kappa shape index (κ3) is 3.77. The summed E-state index contributed by atoms with van der Waals surface area (Å²) in [6.07, 6.45) is 2.54. The number of nitrogens with zero attached hydrogens (tertiary/aromatic N) is 2. The van der Waals surface area contributed by atoms with Crippen LogP contribution in [-0.4, -0.2) is 47.5 Å². The molecule has 1 aromatic rings. The minimum Gasteiger partial charge on any atom is -0.465 e. The van der Waals surface area contributed by atoms with Crippen LogP contribution in [0.5, 0.6) is 0 Å². The fourth-order valence-corrected chi connectivity index (χ4v) is 2.68. The minimum atomic E-state index is -0.370. The summed E-state index contributed by atoms with van der Waals surface area (Å²) in [7, 11) is 0. The molecule has 0 atom stereocenters. The van der Waals surface area contributed by atoms with Crippen LogP contribution in [0.15, 0.2) is 5.38 Å². The van der Waals surface area contributed by atoms with Gasteiger partial charge in [0.15, 0.2) is 0 Å². The lowest BCUT2D eigenvalue weighted by atomic mass is 10.3. The SMILES string of the molecule is CCOC(=O)CN(C(=O)c1csc(CCN)n1)C1CC1. The molecule has 1 aliphatic carbocycles. The van der Waals surface area contributed by atoms with Crippen LogP contribution in [0.25, 0.3) is 0 Å². The van der Waals surface area contributed by atoms with Gasteiger partial charge in [0.1, 0.15) is 12.2 Å². The van der Waals surface area contributed by atoms with Gasteiger partial charge in [-0.3, -0.25) is 9.59 Å². The molecule has 0 aromatic carbocycles. The highest BCUT2D eigenvalue weighted by atomic mass is 32.1. The molecule has 7 heteroatoms. The number of nitrogens with two attached hydrogens (primary N) is 1. The molecule has 2 N–H and O–H groups in total. The predicted molar refractivity (Wildman–Crippen MR) is 75.6 cm³/mol. The highest BCUT2D eigenvalue weighted by Crippen LogP contribution is 2.28. The van der Waals surface area contributed by atoms with E-state index in [0.717, 1.165) is 17.8 Å². The lowest BCUT2D eigenvalue weighted by Crippen LogP contribution is -2.38. The van der Waals surface area contributed by atoms with E-state index in [-0.39, 0.29) is 24.5 Å². The minimum absolute atomic E-state index is 0.00108. The summed E-state index contributed by atoms with van der Waals surface area (Å²) in [5, 5.41) is 2.58. The third-order valence-corrected chi connectivity index (χ3v) is 3.89. The van der Waals surface area contributed by atoms with Gasteiger partial charge in [-0.2, -0.15) is 0 Å². The van der Waals surface area contributed by atoms with Gasteiger partial charge in [-0.15, -0.1) is 11.3 Å². The number of rotatable bonds is 7. The number of aromatic nitrogens is 1. The van der Waals surface area contributed by atoms with Crippen molar-refractivity contribution in [3.63, 3.8) is 0 Å². The molecule has 0 bridgehead atoms. The Hall–Kier alpha value is -1.47. The standard InChI is InChI=1S/C13H19N3O3S/c1-2-19-12(17)7-16(9-3-4-9)13(18)10-8-20-11(15-10)5-6-14/h8-9H,2-7,14H2,1H3. The van der Waals surface area contributed by atoms with Gasteiger partial charge in [-0.1, -0.05) is 0 Å². The van der Waals surface area contributed by atoms with E-state index in [2.05, 4.69) is 4.98 Å². The average Bonchev–Trinajstić information content (AvgIpc) is 3.15. The molecular weight excluding hydrogens is 278 g/mol. The van der Waals surface area contributed by atoms with Gasteiger partial charge >= 0.3 is 5.97 Å². The van der Waals surface area contributed by atoms with Crippen molar-refractivity contribution in [2.75, 3.05) is 19.7 Å². The van der Waals surface area contributed by atoms with Crippen LogP contribution in [0, 0.1) is 0 Å². The molecule has 1 amide bonds. The number of carbonyl (C=O) groups is 2. The lowest BCUT2D eigenvalue weighted by Gasteiger charge is -2.20. The summed E-state index contributed by atoms with van der Waals surface area (Å²) in [6, 6.07) is 0.145. The van der Waals surface area contributed by atoms with Gasteiger partial charge in [0.2, 0.25) is 0 Å². The highest BCUT2D eigenvalue weighted by Gasteiger charge is 2.35. The molecule has 6 nitrogen and oxygen atoms in total. The van der Waals surface area contributed by atoms with Gasteiger partial charge in [0, 0.05) is 17.8 Å². The molecule has 1 saturated carbocycles. The van der Waals surface area contributed by atoms with Crippen molar-refractivity contribution >= 4 is 23.2 Å². The van der Waals surface area contributed by atoms with Crippen molar-refractivity contribution in [2.45, 2.75) is 32.2 Å². The molecule has 110 valence electrons. The number of ether oxygens (including phenoxy) is 1. The molecule has 0 aliphatic heterocycles. The topological polar surface area (TPSA) is 85.5 Å². The Morgan fingerprint density at radius 2 is 2.30 bits per heavy atom.